The van der Waals surface area contributed by atoms with Gasteiger partial charge in [0, 0.05) is 25.4 Å². The van der Waals surface area contributed by atoms with Crippen LogP contribution in [0.4, 0.5) is 4.79 Å². The first kappa shape index (κ1) is 21.6. The van der Waals surface area contributed by atoms with Gasteiger partial charge in [-0.3, -0.25) is 4.79 Å². The lowest BCUT2D eigenvalue weighted by molar-refractivity contribution is -0.118. The summed E-state index contributed by atoms with van der Waals surface area (Å²) in [6.45, 7) is 6.64. The van der Waals surface area contributed by atoms with Crippen LogP contribution in [0, 0.1) is 0 Å². The molecule has 0 atom stereocenters. The first-order valence-electron chi connectivity index (χ1n) is 9.64. The Morgan fingerprint density at radius 2 is 1.46 bits per heavy atom. The molecule has 5 nitrogen and oxygen atoms in total. The second-order valence-electron chi connectivity index (χ2n) is 7.72. The number of carbonyl (C=O) groups excluding carboxylic acids is 2. The number of benzene rings is 2. The van der Waals surface area contributed by atoms with Gasteiger partial charge in [0.05, 0.1) is 6.54 Å². The quantitative estimate of drug-likeness (QED) is 0.646. The van der Waals surface area contributed by atoms with Gasteiger partial charge < -0.3 is 15.4 Å². The van der Waals surface area contributed by atoms with Crippen LogP contribution < -0.4 is 10.6 Å². The van der Waals surface area contributed by atoms with Gasteiger partial charge in [-0.15, -0.1) is 0 Å². The molecule has 0 radical (unpaired) electrons. The largest absolute Gasteiger partial charge is 0.444 e. The lowest BCUT2D eigenvalue weighted by atomic mass is 9.91. The molecule has 0 saturated heterocycles. The van der Waals surface area contributed by atoms with Crippen LogP contribution in [0.5, 0.6) is 0 Å². The van der Waals surface area contributed by atoms with Crippen LogP contribution in [-0.2, 0) is 9.53 Å². The summed E-state index contributed by atoms with van der Waals surface area (Å²) in [6, 6.07) is 20.7. The van der Waals surface area contributed by atoms with Gasteiger partial charge in [0.15, 0.2) is 5.78 Å². The van der Waals surface area contributed by atoms with Crippen molar-refractivity contribution in [3.8, 4) is 0 Å². The van der Waals surface area contributed by atoms with Gasteiger partial charge >= 0.3 is 6.09 Å². The Balaban J connectivity index is 1.78. The zero-order valence-corrected chi connectivity index (χ0v) is 16.9. The maximum Gasteiger partial charge on any atom is 0.408 e. The Morgan fingerprint density at radius 1 is 0.929 bits per heavy atom. The van der Waals surface area contributed by atoms with Crippen LogP contribution >= 0.6 is 0 Å². The third-order valence-corrected chi connectivity index (χ3v) is 4.16. The minimum absolute atomic E-state index is 0.0165. The lowest BCUT2D eigenvalue weighted by Crippen LogP contribution is -2.36. The molecule has 0 aromatic heterocycles. The highest BCUT2D eigenvalue weighted by Gasteiger charge is 2.17. The molecular formula is C23H30N2O3. The fraction of sp³-hybridized carbons (Fsp3) is 0.391. The number of amides is 1. The normalized spacial score (nSPS) is 11.3. The van der Waals surface area contributed by atoms with Crippen molar-refractivity contribution in [1.82, 2.24) is 10.6 Å². The lowest BCUT2D eigenvalue weighted by Gasteiger charge is -2.20. The van der Waals surface area contributed by atoms with E-state index in [2.05, 4.69) is 34.9 Å². The molecule has 0 aliphatic carbocycles. The molecule has 0 fully saturated rings. The van der Waals surface area contributed by atoms with E-state index in [9.17, 15) is 9.59 Å². The molecule has 2 aromatic carbocycles. The average molecular weight is 383 g/mol. The molecule has 2 aromatic rings. The highest BCUT2D eigenvalue weighted by atomic mass is 16.6. The zero-order valence-electron chi connectivity index (χ0n) is 16.9. The van der Waals surface area contributed by atoms with Gasteiger partial charge in [-0.2, -0.15) is 0 Å². The first-order valence-corrected chi connectivity index (χ1v) is 9.64. The fourth-order valence-electron chi connectivity index (χ4n) is 2.85. The van der Waals surface area contributed by atoms with Gasteiger partial charge in [-0.25, -0.2) is 4.79 Å². The fourth-order valence-corrected chi connectivity index (χ4v) is 2.85. The van der Waals surface area contributed by atoms with Crippen LogP contribution in [0.1, 0.15) is 44.2 Å². The van der Waals surface area contributed by atoms with E-state index < -0.39 is 11.7 Å². The van der Waals surface area contributed by atoms with Crippen LogP contribution in [0.2, 0.25) is 0 Å². The highest BCUT2D eigenvalue weighted by molar-refractivity contribution is 5.84. The maximum atomic E-state index is 12.0. The summed E-state index contributed by atoms with van der Waals surface area (Å²) in [6.07, 6.45) is -0.214. The standard InChI is InChI=1S/C23H30N2O3/c1-23(2,3)28-22(27)25-16-20(26)14-15-24-17-21(18-10-6-4-7-11-18)19-12-8-5-9-13-19/h4-13,21,24H,14-17H2,1-3H3,(H,25,27). The first-order chi connectivity index (χ1) is 13.3. The summed E-state index contributed by atoms with van der Waals surface area (Å²) >= 11 is 0. The van der Waals surface area contributed by atoms with Crippen molar-refractivity contribution in [3.05, 3.63) is 71.8 Å². The molecule has 0 aliphatic heterocycles. The van der Waals surface area contributed by atoms with Crippen LogP contribution in [0.3, 0.4) is 0 Å². The van der Waals surface area contributed by atoms with Crippen molar-refractivity contribution in [1.29, 1.82) is 0 Å². The number of hydrogen-bond donors (Lipinski definition) is 2. The van der Waals surface area contributed by atoms with E-state index in [0.717, 1.165) is 6.54 Å². The predicted octanol–water partition coefficient (Wildman–Crippen LogP) is 3.89. The number of carbonyl (C=O) groups is 2. The number of rotatable bonds is 9. The Labute approximate surface area is 167 Å². The summed E-state index contributed by atoms with van der Waals surface area (Å²) < 4.78 is 5.13. The van der Waals surface area contributed by atoms with Crippen molar-refractivity contribution in [3.63, 3.8) is 0 Å². The molecule has 2 N–H and O–H groups in total. The van der Waals surface area contributed by atoms with Crippen LogP contribution in [0.15, 0.2) is 60.7 Å². The van der Waals surface area contributed by atoms with E-state index in [0.29, 0.717) is 13.0 Å². The van der Waals surface area contributed by atoms with Gasteiger partial charge in [0.25, 0.3) is 0 Å². The topological polar surface area (TPSA) is 67.4 Å². The van der Waals surface area contributed by atoms with Crippen molar-refractivity contribution in [2.75, 3.05) is 19.6 Å². The third kappa shape index (κ3) is 7.92. The molecule has 150 valence electrons. The summed E-state index contributed by atoms with van der Waals surface area (Å²) in [4.78, 5) is 23.6. The molecule has 0 heterocycles. The molecule has 0 aliphatic rings. The van der Waals surface area contributed by atoms with Crippen molar-refractivity contribution >= 4 is 11.9 Å². The second-order valence-corrected chi connectivity index (χ2v) is 7.72. The van der Waals surface area contributed by atoms with Crippen molar-refractivity contribution < 1.29 is 14.3 Å². The van der Waals surface area contributed by atoms with E-state index in [1.54, 1.807) is 20.8 Å². The van der Waals surface area contributed by atoms with Crippen molar-refractivity contribution in [2.45, 2.75) is 38.7 Å². The molecule has 0 saturated carbocycles. The minimum atomic E-state index is -0.571. The average Bonchev–Trinajstić information content (AvgIpc) is 2.66. The molecule has 28 heavy (non-hydrogen) atoms. The number of nitrogens with one attached hydrogen (secondary N) is 2. The SMILES string of the molecule is CC(C)(C)OC(=O)NCC(=O)CCNCC(c1ccccc1)c1ccccc1. The van der Waals surface area contributed by atoms with E-state index in [-0.39, 0.29) is 18.2 Å². The van der Waals surface area contributed by atoms with Crippen LogP contribution in [0.25, 0.3) is 0 Å². The second kappa shape index (κ2) is 10.6. The maximum absolute atomic E-state index is 12.0. The molecule has 0 spiro atoms. The highest BCUT2D eigenvalue weighted by Crippen LogP contribution is 2.23. The summed E-state index contributed by atoms with van der Waals surface area (Å²) in [5.41, 5.74) is 1.90. The van der Waals surface area contributed by atoms with E-state index in [1.165, 1.54) is 11.1 Å². The van der Waals surface area contributed by atoms with E-state index in [4.69, 9.17) is 4.74 Å². The zero-order chi connectivity index (χ0) is 20.4. The Kier molecular flexibility index (Phi) is 8.20. The monoisotopic (exact) mass is 382 g/mol. The van der Waals surface area contributed by atoms with Crippen molar-refractivity contribution in [2.24, 2.45) is 0 Å². The van der Waals surface area contributed by atoms with Gasteiger partial charge in [0.2, 0.25) is 0 Å². The number of alkyl carbamates (subject to hydrolysis) is 1. The molecule has 5 heteroatoms. The number of ether oxygens (including phenoxy) is 1. The Bertz CT molecular complexity index is 700. The molecule has 1 amide bonds. The van der Waals surface area contributed by atoms with Crippen LogP contribution in [-0.4, -0.2) is 37.1 Å². The molecule has 2 rings (SSSR count). The van der Waals surface area contributed by atoms with Gasteiger partial charge in [-0.05, 0) is 31.9 Å². The van der Waals surface area contributed by atoms with E-state index >= 15 is 0 Å². The number of Topliss-reactive ketones (excluding diaryl/α,β-unsaturated/α-hetero) is 1. The number of ketones is 1. The summed E-state index contributed by atoms with van der Waals surface area (Å²) in [5.74, 6) is 0.187. The Hall–Kier alpha value is -2.66. The van der Waals surface area contributed by atoms with E-state index in [1.807, 2.05) is 36.4 Å². The molecular weight excluding hydrogens is 352 g/mol. The Morgan fingerprint density at radius 3 is 1.96 bits per heavy atom. The number of hydrogen-bond acceptors (Lipinski definition) is 4. The smallest absolute Gasteiger partial charge is 0.408 e. The van der Waals surface area contributed by atoms with Gasteiger partial charge in [0.1, 0.15) is 5.60 Å². The minimum Gasteiger partial charge on any atom is -0.444 e. The molecule has 0 unspecified atom stereocenters. The summed E-state index contributed by atoms with van der Waals surface area (Å²) in [7, 11) is 0. The third-order valence-electron chi connectivity index (χ3n) is 4.16. The molecule has 0 bridgehead atoms. The van der Waals surface area contributed by atoms with Gasteiger partial charge in [-0.1, -0.05) is 60.7 Å². The summed E-state index contributed by atoms with van der Waals surface area (Å²) in [5, 5.41) is 5.88. The predicted molar refractivity (Wildman–Crippen MR) is 111 cm³/mol.